The number of ether oxygens (including phenoxy) is 1. The van der Waals surface area contributed by atoms with Crippen LogP contribution < -0.4 is 5.32 Å². The lowest BCUT2D eigenvalue weighted by atomic mass is 9.86. The first-order valence-electron chi connectivity index (χ1n) is 7.13. The van der Waals surface area contributed by atoms with Gasteiger partial charge in [-0.05, 0) is 18.3 Å². The molecule has 1 aromatic rings. The smallest absolute Gasteiger partial charge is 0.228 e. The Morgan fingerprint density at radius 2 is 2.20 bits per heavy atom. The van der Waals surface area contributed by atoms with Gasteiger partial charge >= 0.3 is 0 Å². The maximum absolute atomic E-state index is 12.5. The number of imidazole rings is 1. The average Bonchev–Trinajstić information content (AvgIpc) is 2.96. The van der Waals surface area contributed by atoms with Crippen molar-refractivity contribution in [1.29, 1.82) is 0 Å². The normalized spacial score (nSPS) is 18.6. The fourth-order valence-corrected chi connectivity index (χ4v) is 2.32. The topological polar surface area (TPSA) is 56.1 Å². The number of nitrogens with zero attached hydrogens (tertiary/aromatic N) is 2. The molecule has 1 fully saturated rings. The molecule has 1 aliphatic rings. The Kier molecular flexibility index (Phi) is 4.18. The van der Waals surface area contributed by atoms with Crippen molar-refractivity contribution in [3.05, 3.63) is 18.7 Å². The Bertz CT molecular complexity index is 444. The highest BCUT2D eigenvalue weighted by molar-refractivity contribution is 5.85. The van der Waals surface area contributed by atoms with Gasteiger partial charge in [-0.3, -0.25) is 4.79 Å². The zero-order valence-corrected chi connectivity index (χ0v) is 12.8. The second kappa shape index (κ2) is 5.56. The van der Waals surface area contributed by atoms with Gasteiger partial charge in [0.1, 0.15) is 0 Å². The minimum atomic E-state index is -0.285. The number of methoxy groups -OCH3 is 1. The molecule has 5 nitrogen and oxygen atoms in total. The van der Waals surface area contributed by atoms with E-state index in [9.17, 15) is 4.79 Å². The van der Waals surface area contributed by atoms with Crippen molar-refractivity contribution in [3.8, 4) is 0 Å². The third-order valence-electron chi connectivity index (χ3n) is 4.06. The molecular formula is C15H25N3O2. The van der Waals surface area contributed by atoms with Crippen LogP contribution in [-0.4, -0.2) is 35.2 Å². The van der Waals surface area contributed by atoms with E-state index in [0.717, 1.165) is 19.4 Å². The second-order valence-electron chi connectivity index (χ2n) is 6.86. The number of carbonyl (C=O) groups excluding carboxylic acids is 1. The summed E-state index contributed by atoms with van der Waals surface area (Å²) in [5.41, 5.74) is -0.295. The molecule has 20 heavy (non-hydrogen) atoms. The van der Waals surface area contributed by atoms with Gasteiger partial charge in [0.2, 0.25) is 5.91 Å². The number of amides is 1. The summed E-state index contributed by atoms with van der Waals surface area (Å²) < 4.78 is 7.19. The zero-order valence-electron chi connectivity index (χ0n) is 12.8. The number of rotatable bonds is 6. The van der Waals surface area contributed by atoms with Crippen molar-refractivity contribution in [3.63, 3.8) is 0 Å². The summed E-state index contributed by atoms with van der Waals surface area (Å²) in [6.07, 6.45) is 7.32. The van der Waals surface area contributed by atoms with E-state index >= 15 is 0 Å². The molecule has 1 saturated carbocycles. The SMILES string of the molecule is COCC1(C(=O)NC(Cn2ccnc2)C(C)(C)C)CC1. The lowest BCUT2D eigenvalue weighted by Crippen LogP contribution is -2.49. The van der Waals surface area contributed by atoms with E-state index in [1.165, 1.54) is 0 Å². The molecule has 1 unspecified atom stereocenters. The van der Waals surface area contributed by atoms with Crippen LogP contribution in [0.4, 0.5) is 0 Å². The molecule has 1 heterocycles. The van der Waals surface area contributed by atoms with Gasteiger partial charge in [-0.1, -0.05) is 20.8 Å². The largest absolute Gasteiger partial charge is 0.384 e. The summed E-state index contributed by atoms with van der Waals surface area (Å²) in [6.45, 7) is 7.68. The Morgan fingerprint density at radius 3 is 2.65 bits per heavy atom. The lowest BCUT2D eigenvalue weighted by Gasteiger charge is -2.33. The Hall–Kier alpha value is -1.36. The highest BCUT2D eigenvalue weighted by Gasteiger charge is 2.50. The van der Waals surface area contributed by atoms with Crippen LogP contribution in [0.3, 0.4) is 0 Å². The van der Waals surface area contributed by atoms with Crippen LogP contribution >= 0.6 is 0 Å². The first-order valence-corrected chi connectivity index (χ1v) is 7.13. The molecule has 1 atom stereocenters. The molecule has 112 valence electrons. The summed E-state index contributed by atoms with van der Waals surface area (Å²) in [5.74, 6) is 0.124. The molecule has 0 aromatic carbocycles. The third-order valence-corrected chi connectivity index (χ3v) is 4.06. The number of hydrogen-bond donors (Lipinski definition) is 1. The summed E-state index contributed by atoms with van der Waals surface area (Å²) in [5, 5.41) is 3.22. The Morgan fingerprint density at radius 1 is 1.50 bits per heavy atom. The molecule has 1 aliphatic carbocycles. The van der Waals surface area contributed by atoms with Crippen molar-refractivity contribution in [2.45, 2.75) is 46.2 Å². The predicted octanol–water partition coefficient (Wildman–Crippen LogP) is 1.84. The highest BCUT2D eigenvalue weighted by atomic mass is 16.5. The van der Waals surface area contributed by atoms with Crippen LogP contribution in [0.15, 0.2) is 18.7 Å². The van der Waals surface area contributed by atoms with Crippen LogP contribution in [0.5, 0.6) is 0 Å². The molecule has 5 heteroatoms. The van der Waals surface area contributed by atoms with Crippen molar-refractivity contribution >= 4 is 5.91 Å². The molecule has 0 bridgehead atoms. The number of aromatic nitrogens is 2. The minimum absolute atomic E-state index is 0.0108. The van der Waals surface area contributed by atoms with Gasteiger partial charge in [0.15, 0.2) is 0 Å². The van der Waals surface area contributed by atoms with Gasteiger partial charge in [-0.2, -0.15) is 0 Å². The van der Waals surface area contributed by atoms with Gasteiger partial charge in [-0.15, -0.1) is 0 Å². The quantitative estimate of drug-likeness (QED) is 0.864. The van der Waals surface area contributed by atoms with Crippen molar-refractivity contribution in [2.24, 2.45) is 10.8 Å². The van der Waals surface area contributed by atoms with Crippen LogP contribution in [0.1, 0.15) is 33.6 Å². The van der Waals surface area contributed by atoms with Crippen LogP contribution in [-0.2, 0) is 16.1 Å². The highest BCUT2D eigenvalue weighted by Crippen LogP contribution is 2.46. The lowest BCUT2D eigenvalue weighted by molar-refractivity contribution is -0.129. The monoisotopic (exact) mass is 279 g/mol. The summed E-state index contributed by atoms with van der Waals surface area (Å²) in [6, 6.07) is 0.0681. The predicted molar refractivity (Wildman–Crippen MR) is 77.2 cm³/mol. The summed E-state index contributed by atoms with van der Waals surface area (Å²) >= 11 is 0. The van der Waals surface area contributed by atoms with E-state index in [4.69, 9.17) is 4.74 Å². The van der Waals surface area contributed by atoms with E-state index in [2.05, 4.69) is 31.1 Å². The van der Waals surface area contributed by atoms with Gasteiger partial charge in [0.05, 0.1) is 24.4 Å². The molecule has 0 radical (unpaired) electrons. The van der Waals surface area contributed by atoms with Crippen molar-refractivity contribution < 1.29 is 9.53 Å². The fraction of sp³-hybridized carbons (Fsp3) is 0.733. The first-order chi connectivity index (χ1) is 9.37. The molecule has 0 saturated heterocycles. The number of nitrogens with one attached hydrogen (secondary N) is 1. The molecule has 0 spiro atoms. The molecule has 0 aliphatic heterocycles. The summed E-state index contributed by atoms with van der Waals surface area (Å²) in [7, 11) is 1.65. The van der Waals surface area contributed by atoms with Crippen molar-refractivity contribution in [2.75, 3.05) is 13.7 Å². The number of hydrogen-bond acceptors (Lipinski definition) is 3. The average molecular weight is 279 g/mol. The van der Waals surface area contributed by atoms with Gasteiger partial charge in [0, 0.05) is 26.0 Å². The molecular weight excluding hydrogens is 254 g/mol. The minimum Gasteiger partial charge on any atom is -0.384 e. The first kappa shape index (κ1) is 15.0. The molecule has 1 N–H and O–H groups in total. The maximum atomic E-state index is 12.5. The van der Waals surface area contributed by atoms with Crippen LogP contribution in [0.2, 0.25) is 0 Å². The van der Waals surface area contributed by atoms with Crippen LogP contribution in [0.25, 0.3) is 0 Å². The standard InChI is InChI=1S/C15H25N3O2/c1-14(2,3)12(9-18-8-7-16-11-18)17-13(19)15(5-6-15)10-20-4/h7-8,11-12H,5-6,9-10H2,1-4H3,(H,17,19). The third kappa shape index (κ3) is 3.39. The van der Waals surface area contributed by atoms with Gasteiger partial charge in [0.25, 0.3) is 0 Å². The van der Waals surface area contributed by atoms with Crippen LogP contribution in [0, 0.1) is 10.8 Å². The van der Waals surface area contributed by atoms with E-state index in [1.807, 2.05) is 10.8 Å². The zero-order chi connectivity index (χ0) is 14.8. The van der Waals surface area contributed by atoms with E-state index in [-0.39, 0.29) is 22.8 Å². The number of carbonyl (C=O) groups is 1. The van der Waals surface area contributed by atoms with Crippen molar-refractivity contribution in [1.82, 2.24) is 14.9 Å². The van der Waals surface area contributed by atoms with E-state index < -0.39 is 0 Å². The Labute approximate surface area is 120 Å². The van der Waals surface area contributed by atoms with Gasteiger partial charge < -0.3 is 14.6 Å². The maximum Gasteiger partial charge on any atom is 0.228 e. The second-order valence-corrected chi connectivity index (χ2v) is 6.86. The summed E-state index contributed by atoms with van der Waals surface area (Å²) in [4.78, 5) is 16.5. The molecule has 1 amide bonds. The molecule has 2 rings (SSSR count). The van der Waals surface area contributed by atoms with Gasteiger partial charge in [-0.25, -0.2) is 4.98 Å². The Balaban J connectivity index is 2.03. The molecule has 1 aromatic heterocycles. The van der Waals surface area contributed by atoms with E-state index in [1.54, 1.807) is 19.6 Å². The fourth-order valence-electron chi connectivity index (χ4n) is 2.32. The van der Waals surface area contributed by atoms with E-state index in [0.29, 0.717) is 6.61 Å².